The summed E-state index contributed by atoms with van der Waals surface area (Å²) in [6.45, 7) is 4.12. The highest BCUT2D eigenvalue weighted by Gasteiger charge is 2.16. The zero-order chi connectivity index (χ0) is 14.3. The van der Waals surface area contributed by atoms with Crippen molar-refractivity contribution in [3.05, 3.63) is 39.9 Å². The number of hydrogen-bond donors (Lipinski definition) is 1. The third-order valence-corrected chi connectivity index (χ3v) is 3.07. The van der Waals surface area contributed by atoms with Gasteiger partial charge in [-0.05, 0) is 18.4 Å². The van der Waals surface area contributed by atoms with Crippen LogP contribution in [-0.4, -0.2) is 11.0 Å². The molecule has 0 aromatic heterocycles. The van der Waals surface area contributed by atoms with Gasteiger partial charge in [-0.15, -0.1) is 6.42 Å². The molecule has 102 valence electrons. The summed E-state index contributed by atoms with van der Waals surface area (Å²) in [5.41, 5.74) is 1.03. The molecular weight excluding hydrogens is 240 g/mol. The van der Waals surface area contributed by atoms with Crippen molar-refractivity contribution in [2.75, 3.05) is 0 Å². The van der Waals surface area contributed by atoms with Gasteiger partial charge in [-0.3, -0.25) is 15.4 Å². The predicted molar refractivity (Wildman–Crippen MR) is 76.8 cm³/mol. The first-order chi connectivity index (χ1) is 9.12. The van der Waals surface area contributed by atoms with Crippen LogP contribution in [-0.2, 0) is 0 Å². The number of hydrogen-bond acceptors (Lipinski definition) is 3. The van der Waals surface area contributed by atoms with E-state index in [1.807, 2.05) is 13.0 Å². The average molecular weight is 260 g/mol. The van der Waals surface area contributed by atoms with Crippen LogP contribution < -0.4 is 5.32 Å². The van der Waals surface area contributed by atoms with Gasteiger partial charge in [-0.2, -0.15) is 0 Å². The molecular formula is C15H20N2O2. The highest BCUT2D eigenvalue weighted by atomic mass is 16.6. The van der Waals surface area contributed by atoms with E-state index in [4.69, 9.17) is 6.42 Å². The highest BCUT2D eigenvalue weighted by molar-refractivity contribution is 5.36. The number of nitrogens with one attached hydrogen (secondary N) is 1. The van der Waals surface area contributed by atoms with Crippen LogP contribution >= 0.6 is 0 Å². The SMILES string of the molecule is C#CC(CCC)NC(CC)c1cccc([N+](=O)[O-])c1. The molecule has 0 amide bonds. The minimum Gasteiger partial charge on any atom is -0.297 e. The van der Waals surface area contributed by atoms with Gasteiger partial charge in [0.15, 0.2) is 0 Å². The molecule has 0 heterocycles. The van der Waals surface area contributed by atoms with Crippen LogP contribution in [0.1, 0.15) is 44.7 Å². The number of benzene rings is 1. The van der Waals surface area contributed by atoms with Gasteiger partial charge in [-0.1, -0.05) is 38.3 Å². The molecule has 0 saturated carbocycles. The van der Waals surface area contributed by atoms with Crippen LogP contribution in [0.2, 0.25) is 0 Å². The lowest BCUT2D eigenvalue weighted by Gasteiger charge is -2.21. The van der Waals surface area contributed by atoms with Crippen LogP contribution in [0.15, 0.2) is 24.3 Å². The smallest absolute Gasteiger partial charge is 0.269 e. The van der Waals surface area contributed by atoms with E-state index in [1.54, 1.807) is 12.1 Å². The Morgan fingerprint density at radius 3 is 2.74 bits per heavy atom. The molecule has 4 nitrogen and oxygen atoms in total. The van der Waals surface area contributed by atoms with Crippen LogP contribution in [0.25, 0.3) is 0 Å². The molecule has 0 aliphatic rings. The Balaban J connectivity index is 2.88. The van der Waals surface area contributed by atoms with Crippen molar-refractivity contribution in [3.8, 4) is 12.3 Å². The average Bonchev–Trinajstić information content (AvgIpc) is 2.43. The van der Waals surface area contributed by atoms with Gasteiger partial charge in [0, 0.05) is 18.2 Å². The molecule has 0 fully saturated rings. The van der Waals surface area contributed by atoms with E-state index < -0.39 is 0 Å². The summed E-state index contributed by atoms with van der Waals surface area (Å²) in [7, 11) is 0. The molecule has 0 radical (unpaired) electrons. The predicted octanol–water partition coefficient (Wildman–Crippen LogP) is 3.44. The summed E-state index contributed by atoms with van der Waals surface area (Å²) in [4.78, 5) is 10.4. The van der Waals surface area contributed by atoms with E-state index in [0.29, 0.717) is 0 Å². The fraction of sp³-hybridized carbons (Fsp3) is 0.467. The normalized spacial score (nSPS) is 13.5. The minimum absolute atomic E-state index is 0.00853. The van der Waals surface area contributed by atoms with Gasteiger partial charge in [0.05, 0.1) is 11.0 Å². The fourth-order valence-corrected chi connectivity index (χ4v) is 2.05. The third-order valence-electron chi connectivity index (χ3n) is 3.07. The van der Waals surface area contributed by atoms with Gasteiger partial charge in [-0.25, -0.2) is 0 Å². The first-order valence-corrected chi connectivity index (χ1v) is 6.58. The molecule has 1 N–H and O–H groups in total. The Morgan fingerprint density at radius 2 is 2.21 bits per heavy atom. The second-order valence-corrected chi connectivity index (χ2v) is 4.49. The molecule has 2 atom stereocenters. The molecule has 1 rings (SSSR count). The molecule has 0 bridgehead atoms. The third kappa shape index (κ3) is 4.38. The van der Waals surface area contributed by atoms with Crippen molar-refractivity contribution in [1.29, 1.82) is 0 Å². The zero-order valence-corrected chi connectivity index (χ0v) is 11.4. The van der Waals surface area contributed by atoms with Crippen LogP contribution in [0.5, 0.6) is 0 Å². The second kappa shape index (κ2) is 7.55. The summed E-state index contributed by atoms with van der Waals surface area (Å²) in [6, 6.07) is 6.78. The van der Waals surface area contributed by atoms with Crippen molar-refractivity contribution in [2.24, 2.45) is 0 Å². The Kier molecular flexibility index (Phi) is 6.04. The summed E-state index contributed by atoms with van der Waals surface area (Å²) in [6.07, 6.45) is 8.25. The molecule has 0 spiro atoms. The number of non-ortho nitro benzene ring substituents is 1. The Labute approximate surface area is 114 Å². The quantitative estimate of drug-likeness (QED) is 0.464. The van der Waals surface area contributed by atoms with E-state index >= 15 is 0 Å². The summed E-state index contributed by atoms with van der Waals surface area (Å²) in [5.74, 6) is 2.73. The molecule has 1 aromatic rings. The second-order valence-electron chi connectivity index (χ2n) is 4.49. The Hall–Kier alpha value is -1.86. The molecule has 19 heavy (non-hydrogen) atoms. The van der Waals surface area contributed by atoms with E-state index in [2.05, 4.69) is 18.2 Å². The maximum absolute atomic E-state index is 10.8. The van der Waals surface area contributed by atoms with Crippen molar-refractivity contribution in [1.82, 2.24) is 5.32 Å². The Bertz CT molecular complexity index is 465. The number of rotatable bonds is 7. The van der Waals surface area contributed by atoms with Crippen LogP contribution in [0.3, 0.4) is 0 Å². The topological polar surface area (TPSA) is 55.2 Å². The molecule has 2 unspecified atom stereocenters. The van der Waals surface area contributed by atoms with Gasteiger partial charge in [0.1, 0.15) is 0 Å². The lowest BCUT2D eigenvalue weighted by molar-refractivity contribution is -0.384. The maximum Gasteiger partial charge on any atom is 0.269 e. The standard InChI is InChI=1S/C15H20N2O2/c1-4-8-13(5-2)16-15(6-3)12-9-7-10-14(11-12)17(18)19/h2,7,9-11,13,15-16H,4,6,8H2,1,3H3. The van der Waals surface area contributed by atoms with E-state index in [0.717, 1.165) is 24.8 Å². The maximum atomic E-state index is 10.8. The molecule has 1 aromatic carbocycles. The van der Waals surface area contributed by atoms with Crippen molar-refractivity contribution < 1.29 is 4.92 Å². The van der Waals surface area contributed by atoms with Gasteiger partial charge in [0.2, 0.25) is 0 Å². The Morgan fingerprint density at radius 1 is 1.47 bits per heavy atom. The lowest BCUT2D eigenvalue weighted by atomic mass is 10.0. The monoisotopic (exact) mass is 260 g/mol. The summed E-state index contributed by atoms with van der Waals surface area (Å²) in [5, 5.41) is 14.2. The van der Waals surface area contributed by atoms with Crippen molar-refractivity contribution in [2.45, 2.75) is 45.2 Å². The van der Waals surface area contributed by atoms with Crippen molar-refractivity contribution >= 4 is 5.69 Å². The molecule has 4 heteroatoms. The van der Waals surface area contributed by atoms with E-state index in [-0.39, 0.29) is 22.7 Å². The van der Waals surface area contributed by atoms with Gasteiger partial charge in [0.25, 0.3) is 5.69 Å². The fourth-order valence-electron chi connectivity index (χ4n) is 2.05. The number of terminal acetylenes is 1. The first kappa shape index (κ1) is 15.2. The van der Waals surface area contributed by atoms with E-state index in [9.17, 15) is 10.1 Å². The lowest BCUT2D eigenvalue weighted by Crippen LogP contribution is -2.31. The van der Waals surface area contributed by atoms with E-state index in [1.165, 1.54) is 6.07 Å². The number of nitrogens with zero attached hydrogens (tertiary/aromatic N) is 1. The van der Waals surface area contributed by atoms with Crippen LogP contribution in [0.4, 0.5) is 5.69 Å². The van der Waals surface area contributed by atoms with Gasteiger partial charge < -0.3 is 0 Å². The van der Waals surface area contributed by atoms with Crippen LogP contribution in [0, 0.1) is 22.5 Å². The largest absolute Gasteiger partial charge is 0.297 e. The van der Waals surface area contributed by atoms with Crippen molar-refractivity contribution in [3.63, 3.8) is 0 Å². The molecule has 0 aliphatic carbocycles. The first-order valence-electron chi connectivity index (χ1n) is 6.58. The van der Waals surface area contributed by atoms with Gasteiger partial charge >= 0.3 is 0 Å². The number of nitro groups is 1. The highest BCUT2D eigenvalue weighted by Crippen LogP contribution is 2.22. The molecule has 0 aliphatic heterocycles. The molecule has 0 saturated heterocycles. The number of nitro benzene ring substituents is 1. The zero-order valence-electron chi connectivity index (χ0n) is 11.4. The summed E-state index contributed by atoms with van der Waals surface area (Å²) < 4.78 is 0. The summed E-state index contributed by atoms with van der Waals surface area (Å²) >= 11 is 0. The minimum atomic E-state index is -0.374.